The van der Waals surface area contributed by atoms with Gasteiger partial charge in [0.05, 0.1) is 18.6 Å². The van der Waals surface area contributed by atoms with E-state index in [0.717, 1.165) is 5.56 Å². The summed E-state index contributed by atoms with van der Waals surface area (Å²) in [5.74, 6) is -0.614. The molecule has 0 saturated carbocycles. The molecule has 0 fully saturated rings. The number of hydrogen-bond donors (Lipinski definition) is 2. The minimum Gasteiger partial charge on any atom is -0.497 e. The predicted molar refractivity (Wildman–Crippen MR) is 157 cm³/mol. The van der Waals surface area contributed by atoms with E-state index in [2.05, 4.69) is 10.9 Å². The molecule has 0 aliphatic rings. The number of benzene rings is 2. The first-order chi connectivity index (χ1) is 19.5. The molecule has 0 unspecified atom stereocenters. The molecular weight excluding hydrogens is 564 g/mol. The van der Waals surface area contributed by atoms with Gasteiger partial charge in [-0.05, 0) is 75.6 Å². The maximum Gasteiger partial charge on any atom is 0.322 e. The van der Waals surface area contributed by atoms with Gasteiger partial charge < -0.3 is 19.1 Å². The van der Waals surface area contributed by atoms with Crippen molar-refractivity contribution in [2.75, 3.05) is 47.5 Å². The van der Waals surface area contributed by atoms with Gasteiger partial charge in [0.1, 0.15) is 24.5 Å². The first-order valence-corrected chi connectivity index (χ1v) is 14.8. The molecule has 0 heterocycles. The number of esters is 1. The van der Waals surface area contributed by atoms with Gasteiger partial charge in [0.2, 0.25) is 15.9 Å². The first kappa shape index (κ1) is 34.7. The van der Waals surface area contributed by atoms with Crippen LogP contribution >= 0.6 is 0 Å². The minimum atomic E-state index is -3.76. The molecule has 0 spiro atoms. The van der Waals surface area contributed by atoms with Gasteiger partial charge in [0, 0.05) is 32.7 Å². The van der Waals surface area contributed by atoms with Gasteiger partial charge >= 0.3 is 5.97 Å². The molecule has 2 aromatic rings. The number of hydrazine groups is 1. The van der Waals surface area contributed by atoms with Crippen molar-refractivity contribution in [3.8, 4) is 5.75 Å². The van der Waals surface area contributed by atoms with Crippen LogP contribution in [0.15, 0.2) is 41.3 Å². The summed E-state index contributed by atoms with van der Waals surface area (Å²) in [6.45, 7) is 8.70. The molecule has 2 aromatic carbocycles. The van der Waals surface area contributed by atoms with Crippen molar-refractivity contribution in [2.24, 2.45) is 0 Å². The summed E-state index contributed by atoms with van der Waals surface area (Å²) in [6, 6.07) is 10.0. The van der Waals surface area contributed by atoms with Crippen molar-refractivity contribution < 1.29 is 37.0 Å². The van der Waals surface area contributed by atoms with Crippen LogP contribution in [0.2, 0.25) is 0 Å². The fourth-order valence-corrected chi connectivity index (χ4v) is 5.50. The fraction of sp³-hybridized carbons (Fsp3) is 0.483. The Labute approximate surface area is 248 Å². The summed E-state index contributed by atoms with van der Waals surface area (Å²) in [5.41, 5.74) is 6.70. The van der Waals surface area contributed by atoms with Crippen molar-refractivity contribution in [2.45, 2.75) is 51.7 Å². The number of amides is 2. The van der Waals surface area contributed by atoms with E-state index in [-0.39, 0.29) is 43.7 Å². The first-order valence-electron chi connectivity index (χ1n) is 13.3. The zero-order chi connectivity index (χ0) is 31.7. The molecule has 12 nitrogen and oxygen atoms in total. The molecule has 232 valence electrons. The van der Waals surface area contributed by atoms with E-state index < -0.39 is 27.5 Å². The molecule has 0 aliphatic carbocycles. The highest BCUT2D eigenvalue weighted by Gasteiger charge is 2.25. The Hall–Kier alpha value is -3.52. The van der Waals surface area contributed by atoms with Gasteiger partial charge in [-0.1, -0.05) is 12.1 Å². The molecule has 13 heteroatoms. The summed E-state index contributed by atoms with van der Waals surface area (Å²) >= 11 is 0. The quantitative estimate of drug-likeness (QED) is 0.188. The van der Waals surface area contributed by atoms with Crippen molar-refractivity contribution in [1.82, 2.24) is 20.1 Å². The summed E-state index contributed by atoms with van der Waals surface area (Å²) in [7, 11) is 0.860. The molecule has 2 N–H and O–H groups in total. The highest BCUT2D eigenvalue weighted by atomic mass is 32.2. The van der Waals surface area contributed by atoms with E-state index in [9.17, 15) is 22.8 Å². The number of likely N-dealkylation sites (N-methyl/N-ethyl adjacent to an activating group) is 2. The second kappa shape index (κ2) is 15.1. The van der Waals surface area contributed by atoms with Crippen LogP contribution in [-0.4, -0.2) is 88.5 Å². The lowest BCUT2D eigenvalue weighted by molar-refractivity contribution is -0.153. The monoisotopic (exact) mass is 606 g/mol. The number of nitrogens with one attached hydrogen (secondary N) is 2. The molecule has 0 aromatic heterocycles. The Balaban J connectivity index is 1.79. The third-order valence-electron chi connectivity index (χ3n) is 6.03. The van der Waals surface area contributed by atoms with Crippen molar-refractivity contribution in [1.29, 1.82) is 0 Å². The number of rotatable bonds is 14. The van der Waals surface area contributed by atoms with E-state index >= 15 is 0 Å². The number of nitrogens with zero attached hydrogens (tertiary/aromatic N) is 2. The third-order valence-corrected chi connectivity index (χ3v) is 8.19. The average Bonchev–Trinajstić information content (AvgIpc) is 2.89. The van der Waals surface area contributed by atoms with E-state index in [1.54, 1.807) is 78.1 Å². The van der Waals surface area contributed by atoms with Crippen LogP contribution in [0.1, 0.15) is 47.8 Å². The molecule has 0 radical (unpaired) electrons. The predicted octanol–water partition coefficient (Wildman–Crippen LogP) is 2.18. The molecule has 2 amide bonds. The number of ether oxygens (including phenoxy) is 3. The molecule has 2 rings (SSSR count). The highest BCUT2D eigenvalue weighted by Crippen LogP contribution is 2.27. The van der Waals surface area contributed by atoms with Gasteiger partial charge in [-0.2, -0.15) is 4.31 Å². The van der Waals surface area contributed by atoms with Crippen LogP contribution in [0.25, 0.3) is 0 Å². The van der Waals surface area contributed by atoms with E-state index in [1.165, 1.54) is 23.4 Å². The number of hydrogen-bond acceptors (Lipinski definition) is 9. The second-order valence-corrected chi connectivity index (χ2v) is 12.8. The fourth-order valence-electron chi connectivity index (χ4n) is 3.94. The maximum atomic E-state index is 13.1. The summed E-state index contributed by atoms with van der Waals surface area (Å²) in [5, 5.41) is 0. The van der Waals surface area contributed by atoms with Crippen LogP contribution < -0.4 is 15.6 Å². The zero-order valence-corrected chi connectivity index (χ0v) is 26.4. The lowest BCUT2D eigenvalue weighted by Gasteiger charge is -2.21. The summed E-state index contributed by atoms with van der Waals surface area (Å²) < 4.78 is 43.3. The van der Waals surface area contributed by atoms with Gasteiger partial charge in [-0.15, -0.1) is 0 Å². The lowest BCUT2D eigenvalue weighted by Crippen LogP contribution is -2.42. The maximum absolute atomic E-state index is 13.1. The molecule has 0 aliphatic heterocycles. The summed E-state index contributed by atoms with van der Waals surface area (Å²) in [6.07, 6.45) is 0. The van der Waals surface area contributed by atoms with Crippen LogP contribution in [0.4, 0.5) is 0 Å². The van der Waals surface area contributed by atoms with Crippen LogP contribution in [-0.2, 0) is 35.6 Å². The average molecular weight is 607 g/mol. The van der Waals surface area contributed by atoms with Gasteiger partial charge in [-0.3, -0.25) is 19.8 Å². The standard InChI is InChI=1S/C29H42N4O8S/c1-20-15-24(39-8)16-21(2)27(20)42(37,38)33(7)13-14-40-19-25(34)32(6)18-22-9-11-23(12-10-22)28(36)31-30-17-26(35)41-29(3,4)5/h9-12,15-16,30H,13-14,17-19H2,1-8H3,(H,31,36). The van der Waals surface area contributed by atoms with Crippen LogP contribution in [0.3, 0.4) is 0 Å². The number of carbonyl (C=O) groups is 3. The Kier molecular flexibility index (Phi) is 12.5. The number of methoxy groups -OCH3 is 1. The number of sulfonamides is 1. The molecule has 0 bridgehead atoms. The second-order valence-electron chi connectivity index (χ2n) is 10.8. The van der Waals surface area contributed by atoms with Crippen molar-refractivity contribution >= 4 is 27.8 Å². The molecule has 0 saturated heterocycles. The van der Waals surface area contributed by atoms with E-state index in [1.807, 2.05) is 0 Å². The number of carbonyl (C=O) groups excluding carboxylic acids is 3. The summed E-state index contributed by atoms with van der Waals surface area (Å²) in [4.78, 5) is 38.3. The van der Waals surface area contributed by atoms with Crippen molar-refractivity contribution in [3.63, 3.8) is 0 Å². The topological polar surface area (TPSA) is 144 Å². The van der Waals surface area contributed by atoms with E-state index in [0.29, 0.717) is 22.4 Å². The van der Waals surface area contributed by atoms with Gasteiger partial charge in [0.25, 0.3) is 5.91 Å². The Bertz CT molecular complexity index is 1330. The van der Waals surface area contributed by atoms with Crippen LogP contribution in [0, 0.1) is 13.8 Å². The normalized spacial score (nSPS) is 11.7. The molecule has 42 heavy (non-hydrogen) atoms. The molecular formula is C29H42N4O8S. The SMILES string of the molecule is COc1cc(C)c(S(=O)(=O)N(C)CCOCC(=O)N(C)Cc2ccc(C(=O)NNCC(=O)OC(C)(C)C)cc2)c(C)c1. The van der Waals surface area contributed by atoms with Gasteiger partial charge in [0.15, 0.2) is 0 Å². The zero-order valence-electron chi connectivity index (χ0n) is 25.6. The Morgan fingerprint density at radius 3 is 2.12 bits per heavy atom. The molecule has 0 atom stereocenters. The lowest BCUT2D eigenvalue weighted by atomic mass is 10.1. The van der Waals surface area contributed by atoms with Crippen LogP contribution in [0.5, 0.6) is 5.75 Å². The van der Waals surface area contributed by atoms with Gasteiger partial charge in [-0.25, -0.2) is 13.8 Å². The minimum absolute atomic E-state index is 0.0370. The Morgan fingerprint density at radius 1 is 0.976 bits per heavy atom. The van der Waals surface area contributed by atoms with E-state index in [4.69, 9.17) is 14.2 Å². The number of aryl methyl sites for hydroxylation is 2. The Morgan fingerprint density at radius 2 is 1.57 bits per heavy atom. The van der Waals surface area contributed by atoms with Crippen molar-refractivity contribution in [3.05, 3.63) is 58.7 Å². The smallest absolute Gasteiger partial charge is 0.322 e. The largest absolute Gasteiger partial charge is 0.497 e. The third kappa shape index (κ3) is 10.4. The highest BCUT2D eigenvalue weighted by molar-refractivity contribution is 7.89.